The first-order valence-electron chi connectivity index (χ1n) is 5.90. The van der Waals surface area contributed by atoms with Crippen LogP contribution in [0.25, 0.3) is 0 Å². The zero-order valence-corrected chi connectivity index (χ0v) is 11.5. The second-order valence-corrected chi connectivity index (χ2v) is 4.53. The Bertz CT molecular complexity index is 741. The Balaban J connectivity index is 2.40. The zero-order valence-electron chi connectivity index (χ0n) is 10.7. The maximum Gasteiger partial charge on any atom is 0.312 e. The second-order valence-electron chi connectivity index (χ2n) is 4.12. The van der Waals surface area contributed by atoms with Gasteiger partial charge in [0.25, 0.3) is 0 Å². The highest BCUT2D eigenvalue weighted by atomic mass is 35.5. The first-order chi connectivity index (χ1) is 10.0. The third-order valence-electron chi connectivity index (χ3n) is 2.74. The second kappa shape index (κ2) is 6.22. The van der Waals surface area contributed by atoms with E-state index in [2.05, 4.69) is 0 Å². The molecule has 0 aliphatic heterocycles. The van der Waals surface area contributed by atoms with Gasteiger partial charge in [-0.2, -0.15) is 5.26 Å². The van der Waals surface area contributed by atoms with Gasteiger partial charge in [-0.1, -0.05) is 17.7 Å². The first kappa shape index (κ1) is 14.8. The van der Waals surface area contributed by atoms with Crippen LogP contribution in [0, 0.1) is 21.4 Å². The van der Waals surface area contributed by atoms with Crippen LogP contribution in [0.2, 0.25) is 5.02 Å². The van der Waals surface area contributed by atoms with Crippen LogP contribution in [-0.2, 0) is 6.54 Å². The quantitative estimate of drug-likeness (QED) is 0.689. The van der Waals surface area contributed by atoms with Crippen molar-refractivity contribution in [3.05, 3.63) is 62.7 Å². The Morgan fingerprint density at radius 3 is 2.57 bits per heavy atom. The molecule has 0 radical (unpaired) electrons. The number of rotatable bonds is 4. The van der Waals surface area contributed by atoms with Crippen LogP contribution in [0.5, 0.6) is 11.5 Å². The Labute approximate surface area is 125 Å². The average molecular weight is 304 g/mol. The van der Waals surface area contributed by atoms with Gasteiger partial charge in [0, 0.05) is 12.6 Å². The van der Waals surface area contributed by atoms with Gasteiger partial charge in [0.2, 0.25) is 5.75 Å². The number of hydrogen-bond acceptors (Lipinski definition) is 5. The summed E-state index contributed by atoms with van der Waals surface area (Å²) in [5.41, 5.74) is 6.20. The largest absolute Gasteiger partial charge is 0.449 e. The van der Waals surface area contributed by atoms with Crippen molar-refractivity contribution in [2.24, 2.45) is 5.73 Å². The van der Waals surface area contributed by atoms with E-state index < -0.39 is 4.92 Å². The smallest absolute Gasteiger partial charge is 0.312 e. The van der Waals surface area contributed by atoms with Crippen LogP contribution in [0.1, 0.15) is 11.1 Å². The lowest BCUT2D eigenvalue weighted by Gasteiger charge is -2.09. The highest BCUT2D eigenvalue weighted by Crippen LogP contribution is 2.35. The molecule has 2 rings (SSSR count). The molecule has 0 amide bonds. The van der Waals surface area contributed by atoms with Gasteiger partial charge < -0.3 is 10.5 Å². The zero-order chi connectivity index (χ0) is 15.4. The molecule has 2 aromatic rings. The molecule has 0 atom stereocenters. The van der Waals surface area contributed by atoms with Crippen LogP contribution in [0.15, 0.2) is 36.4 Å². The Morgan fingerprint density at radius 2 is 2.00 bits per heavy atom. The summed E-state index contributed by atoms with van der Waals surface area (Å²) >= 11 is 6.05. The number of nitriles is 1. The lowest BCUT2D eigenvalue weighted by atomic mass is 10.2. The predicted octanol–water partition coefficient (Wildman–Crippen LogP) is 3.37. The molecule has 7 heteroatoms. The van der Waals surface area contributed by atoms with Gasteiger partial charge in [0.05, 0.1) is 21.6 Å². The molecule has 0 unspecified atom stereocenters. The highest BCUT2D eigenvalue weighted by Gasteiger charge is 2.17. The van der Waals surface area contributed by atoms with Gasteiger partial charge >= 0.3 is 5.69 Å². The molecule has 106 valence electrons. The average Bonchev–Trinajstić information content (AvgIpc) is 2.49. The minimum Gasteiger partial charge on any atom is -0.449 e. The van der Waals surface area contributed by atoms with E-state index in [1.807, 2.05) is 6.07 Å². The van der Waals surface area contributed by atoms with Gasteiger partial charge in [-0.15, -0.1) is 0 Å². The summed E-state index contributed by atoms with van der Waals surface area (Å²) in [4.78, 5) is 10.4. The molecular weight excluding hydrogens is 294 g/mol. The van der Waals surface area contributed by atoms with Crippen LogP contribution < -0.4 is 10.5 Å². The van der Waals surface area contributed by atoms with E-state index in [1.165, 1.54) is 12.1 Å². The fourth-order valence-corrected chi connectivity index (χ4v) is 1.93. The van der Waals surface area contributed by atoms with Crippen LogP contribution in [-0.4, -0.2) is 4.92 Å². The summed E-state index contributed by atoms with van der Waals surface area (Å²) in [7, 11) is 0. The van der Waals surface area contributed by atoms with Crippen LogP contribution in [0.3, 0.4) is 0 Å². The molecule has 6 nitrogen and oxygen atoms in total. The minimum absolute atomic E-state index is 0.0152. The number of hydrogen-bond donors (Lipinski definition) is 1. The standard InChI is InChI=1S/C14H10ClN3O3/c15-11-5-9(7-16)1-3-13(11)21-14-4-2-10(8-17)6-12(14)18(19)20/h1-6H,7,16H2. The van der Waals surface area contributed by atoms with E-state index >= 15 is 0 Å². The third kappa shape index (κ3) is 3.28. The van der Waals surface area contributed by atoms with E-state index in [-0.39, 0.29) is 22.7 Å². The molecule has 2 aromatic carbocycles. The Kier molecular flexibility index (Phi) is 4.38. The summed E-state index contributed by atoms with van der Waals surface area (Å²) in [6.07, 6.45) is 0. The summed E-state index contributed by atoms with van der Waals surface area (Å²) in [5.74, 6) is 0.295. The molecule has 0 saturated heterocycles. The number of nitro groups is 1. The van der Waals surface area contributed by atoms with Crippen molar-refractivity contribution in [1.82, 2.24) is 0 Å². The molecule has 2 N–H and O–H groups in total. The van der Waals surface area contributed by atoms with Gasteiger partial charge in [-0.05, 0) is 29.8 Å². The first-order valence-corrected chi connectivity index (χ1v) is 6.28. The fourth-order valence-electron chi connectivity index (χ4n) is 1.69. The topological polar surface area (TPSA) is 102 Å². The number of halogens is 1. The van der Waals surface area contributed by atoms with E-state index in [4.69, 9.17) is 27.3 Å². The minimum atomic E-state index is -0.613. The van der Waals surface area contributed by atoms with Crippen molar-refractivity contribution in [2.45, 2.75) is 6.54 Å². The molecule has 21 heavy (non-hydrogen) atoms. The molecule has 0 aliphatic rings. The summed E-state index contributed by atoms with van der Waals surface area (Å²) in [6, 6.07) is 10.7. The lowest BCUT2D eigenvalue weighted by Crippen LogP contribution is -1.97. The maximum absolute atomic E-state index is 11.0. The molecular formula is C14H10ClN3O3. The molecule has 0 bridgehead atoms. The predicted molar refractivity (Wildman–Crippen MR) is 77.2 cm³/mol. The number of ether oxygens (including phenoxy) is 1. The van der Waals surface area contributed by atoms with E-state index in [0.717, 1.165) is 11.6 Å². The fraction of sp³-hybridized carbons (Fsp3) is 0.0714. The van der Waals surface area contributed by atoms with Crippen molar-refractivity contribution in [1.29, 1.82) is 5.26 Å². The van der Waals surface area contributed by atoms with Gasteiger partial charge in [0.1, 0.15) is 5.75 Å². The van der Waals surface area contributed by atoms with Crippen molar-refractivity contribution in [3.63, 3.8) is 0 Å². The summed E-state index contributed by atoms with van der Waals surface area (Å²) in [5, 5.41) is 20.1. The van der Waals surface area contributed by atoms with E-state index in [9.17, 15) is 10.1 Å². The monoisotopic (exact) mass is 303 g/mol. The van der Waals surface area contributed by atoms with E-state index in [1.54, 1.807) is 18.2 Å². The van der Waals surface area contributed by atoms with Crippen molar-refractivity contribution in [2.75, 3.05) is 0 Å². The SMILES string of the molecule is N#Cc1ccc(Oc2ccc(CN)cc2Cl)c([N+](=O)[O-])c1. The number of benzene rings is 2. The molecule has 0 saturated carbocycles. The molecule has 0 heterocycles. The van der Waals surface area contributed by atoms with Crippen molar-refractivity contribution in [3.8, 4) is 17.6 Å². The van der Waals surface area contributed by atoms with Crippen molar-refractivity contribution < 1.29 is 9.66 Å². The molecule has 0 aliphatic carbocycles. The number of nitro benzene ring substituents is 1. The van der Waals surface area contributed by atoms with Crippen molar-refractivity contribution >= 4 is 17.3 Å². The maximum atomic E-state index is 11.0. The van der Waals surface area contributed by atoms with Crippen LogP contribution in [0.4, 0.5) is 5.69 Å². The van der Waals surface area contributed by atoms with Gasteiger partial charge in [0.15, 0.2) is 0 Å². The molecule has 0 aromatic heterocycles. The van der Waals surface area contributed by atoms with E-state index in [0.29, 0.717) is 11.6 Å². The lowest BCUT2D eigenvalue weighted by molar-refractivity contribution is -0.385. The summed E-state index contributed by atoms with van der Waals surface area (Å²) < 4.78 is 5.48. The number of nitrogens with zero attached hydrogens (tertiary/aromatic N) is 2. The summed E-state index contributed by atoms with van der Waals surface area (Å²) in [6.45, 7) is 0.330. The van der Waals surface area contributed by atoms with Crippen LogP contribution >= 0.6 is 11.6 Å². The normalized spacial score (nSPS) is 9.95. The molecule has 0 fully saturated rings. The molecule has 0 spiro atoms. The third-order valence-corrected chi connectivity index (χ3v) is 3.03. The number of nitrogens with two attached hydrogens (primary N) is 1. The van der Waals surface area contributed by atoms with Gasteiger partial charge in [-0.25, -0.2) is 0 Å². The Morgan fingerprint density at radius 1 is 1.29 bits per heavy atom. The Hall–Kier alpha value is -2.62. The van der Waals surface area contributed by atoms with Gasteiger partial charge in [-0.3, -0.25) is 10.1 Å². The highest BCUT2D eigenvalue weighted by molar-refractivity contribution is 6.32.